The number of furan rings is 1. The van der Waals surface area contributed by atoms with Gasteiger partial charge in [0.2, 0.25) is 0 Å². The Morgan fingerprint density at radius 2 is 1.09 bits per heavy atom. The fraction of sp³-hybridized carbons (Fsp3) is 0. The van der Waals surface area contributed by atoms with Gasteiger partial charge in [-0.15, -0.1) is 0 Å². The highest BCUT2D eigenvalue weighted by Crippen LogP contribution is 2.45. The van der Waals surface area contributed by atoms with Gasteiger partial charge in [0.1, 0.15) is 11.2 Å². The molecule has 2 aromatic heterocycles. The number of aromatic nitrogens is 1. The number of anilines is 3. The van der Waals surface area contributed by atoms with Crippen LogP contribution in [0.25, 0.3) is 71.0 Å². The van der Waals surface area contributed by atoms with Crippen LogP contribution in [-0.2, 0) is 0 Å². The summed E-state index contributed by atoms with van der Waals surface area (Å²) in [6, 6.07) is 60.8. The Balaban J connectivity index is 1.23. The average molecular weight is 601 g/mol. The number of benzene rings is 8. The van der Waals surface area contributed by atoms with Crippen molar-refractivity contribution >= 4 is 82.4 Å². The highest BCUT2D eigenvalue weighted by Gasteiger charge is 2.22. The van der Waals surface area contributed by atoms with E-state index in [-0.39, 0.29) is 0 Å². The molecule has 0 aliphatic carbocycles. The maximum absolute atomic E-state index is 6.55. The average Bonchev–Trinajstić information content (AvgIpc) is 3.66. The number of rotatable bonds is 4. The maximum Gasteiger partial charge on any atom is 0.137 e. The van der Waals surface area contributed by atoms with Gasteiger partial charge in [-0.1, -0.05) is 97.1 Å². The summed E-state index contributed by atoms with van der Waals surface area (Å²) in [6.45, 7) is 0. The second-order valence-corrected chi connectivity index (χ2v) is 12.2. The van der Waals surface area contributed by atoms with Crippen LogP contribution in [0.1, 0.15) is 0 Å². The lowest BCUT2D eigenvalue weighted by Gasteiger charge is -2.26. The van der Waals surface area contributed by atoms with E-state index >= 15 is 0 Å². The van der Waals surface area contributed by atoms with Crippen molar-refractivity contribution in [1.82, 2.24) is 4.57 Å². The molecular formula is C44H28N2O. The SMILES string of the molecule is c1ccc(N(c2ccc3c(c2)oc2cc4ccccc4cc23)c2cccc3c2c2ccccc2n3-c2ccc3ccccc3c2)cc1. The Hall–Kier alpha value is -6.32. The second kappa shape index (κ2) is 10.1. The van der Waals surface area contributed by atoms with Crippen LogP contribution in [0.15, 0.2) is 174 Å². The summed E-state index contributed by atoms with van der Waals surface area (Å²) in [5.41, 5.74) is 8.52. The van der Waals surface area contributed by atoms with Gasteiger partial charge in [-0.05, 0) is 88.3 Å². The third-order valence-corrected chi connectivity index (χ3v) is 9.50. The molecule has 0 atom stereocenters. The fourth-order valence-corrected chi connectivity index (χ4v) is 7.37. The monoisotopic (exact) mass is 600 g/mol. The first-order valence-corrected chi connectivity index (χ1v) is 16.0. The molecule has 0 saturated carbocycles. The molecule has 0 unspecified atom stereocenters. The molecule has 10 rings (SSSR count). The predicted octanol–water partition coefficient (Wildman–Crippen LogP) is 12.5. The third kappa shape index (κ3) is 4.00. The lowest BCUT2D eigenvalue weighted by atomic mass is 10.1. The zero-order valence-corrected chi connectivity index (χ0v) is 25.5. The highest BCUT2D eigenvalue weighted by molar-refractivity contribution is 6.17. The first-order chi connectivity index (χ1) is 23.3. The highest BCUT2D eigenvalue weighted by atomic mass is 16.3. The van der Waals surface area contributed by atoms with E-state index in [2.05, 4.69) is 179 Å². The fourth-order valence-electron chi connectivity index (χ4n) is 7.37. The van der Waals surface area contributed by atoms with Gasteiger partial charge in [0, 0.05) is 44.7 Å². The topological polar surface area (TPSA) is 21.3 Å². The maximum atomic E-state index is 6.55. The number of fused-ring (bicyclic) bond motifs is 8. The van der Waals surface area contributed by atoms with Crippen molar-refractivity contribution in [2.24, 2.45) is 0 Å². The van der Waals surface area contributed by atoms with Crippen LogP contribution in [0.2, 0.25) is 0 Å². The molecule has 0 aliphatic heterocycles. The Morgan fingerprint density at radius 3 is 1.94 bits per heavy atom. The minimum atomic E-state index is 0.875. The van der Waals surface area contributed by atoms with E-state index in [1.54, 1.807) is 0 Å². The molecule has 0 N–H and O–H groups in total. The van der Waals surface area contributed by atoms with Gasteiger partial charge in [-0.2, -0.15) is 0 Å². The summed E-state index contributed by atoms with van der Waals surface area (Å²) < 4.78 is 8.95. The number of nitrogens with zero attached hydrogens (tertiary/aromatic N) is 2. The molecule has 2 heterocycles. The molecule has 0 saturated heterocycles. The summed E-state index contributed by atoms with van der Waals surface area (Å²) in [4.78, 5) is 2.36. The standard InChI is InChI=1S/C44H28N2O/c1-2-15-33(16-3-1)45(35-23-24-36-38-26-31-13-6-7-14-32(31)27-42(38)47-43(36)28-35)40-19-10-20-41-44(40)37-17-8-9-18-39(37)46(41)34-22-21-29-11-4-5-12-30(29)25-34/h1-28H. The lowest BCUT2D eigenvalue weighted by molar-refractivity contribution is 0.669. The molecule has 0 bridgehead atoms. The number of para-hydroxylation sites is 2. The zero-order valence-electron chi connectivity index (χ0n) is 25.5. The molecule has 0 fully saturated rings. The van der Waals surface area contributed by atoms with Crippen molar-refractivity contribution in [1.29, 1.82) is 0 Å². The van der Waals surface area contributed by atoms with Crippen LogP contribution in [0.4, 0.5) is 17.1 Å². The lowest BCUT2D eigenvalue weighted by Crippen LogP contribution is -2.10. The Labute approximate surface area is 271 Å². The molecule has 47 heavy (non-hydrogen) atoms. The molecule has 3 heteroatoms. The van der Waals surface area contributed by atoms with Crippen molar-refractivity contribution in [2.45, 2.75) is 0 Å². The molecule has 220 valence electrons. The summed E-state index contributed by atoms with van der Waals surface area (Å²) in [5, 5.41) is 9.53. The Bertz CT molecular complexity index is 2810. The van der Waals surface area contributed by atoms with Crippen LogP contribution in [0, 0.1) is 0 Å². The molecule has 0 spiro atoms. The van der Waals surface area contributed by atoms with Gasteiger partial charge in [0.05, 0.1) is 16.7 Å². The van der Waals surface area contributed by atoms with Crippen LogP contribution in [-0.4, -0.2) is 4.57 Å². The van der Waals surface area contributed by atoms with Crippen LogP contribution < -0.4 is 4.90 Å². The quantitative estimate of drug-likeness (QED) is 0.200. The molecule has 0 aliphatic rings. The van der Waals surface area contributed by atoms with Crippen molar-refractivity contribution in [3.05, 3.63) is 170 Å². The normalized spacial score (nSPS) is 11.8. The van der Waals surface area contributed by atoms with Gasteiger partial charge in [0.25, 0.3) is 0 Å². The molecular weight excluding hydrogens is 572 g/mol. The number of hydrogen-bond donors (Lipinski definition) is 0. The van der Waals surface area contributed by atoms with Crippen LogP contribution in [0.3, 0.4) is 0 Å². The van der Waals surface area contributed by atoms with Gasteiger partial charge in [-0.3, -0.25) is 0 Å². The number of hydrogen-bond acceptors (Lipinski definition) is 2. The molecule has 8 aromatic carbocycles. The minimum absolute atomic E-state index is 0.875. The third-order valence-electron chi connectivity index (χ3n) is 9.50. The van der Waals surface area contributed by atoms with Crippen molar-refractivity contribution < 1.29 is 4.42 Å². The first kappa shape index (κ1) is 26.0. The Morgan fingerprint density at radius 1 is 0.404 bits per heavy atom. The molecule has 3 nitrogen and oxygen atoms in total. The summed E-state index contributed by atoms with van der Waals surface area (Å²) in [5.74, 6) is 0. The van der Waals surface area contributed by atoms with Gasteiger partial charge in [-0.25, -0.2) is 0 Å². The molecule has 10 aromatic rings. The predicted molar refractivity (Wildman–Crippen MR) is 198 cm³/mol. The molecule has 0 radical (unpaired) electrons. The van der Waals surface area contributed by atoms with Crippen molar-refractivity contribution in [2.75, 3.05) is 4.90 Å². The van der Waals surface area contributed by atoms with E-state index in [0.717, 1.165) is 50.2 Å². The van der Waals surface area contributed by atoms with Gasteiger partial charge >= 0.3 is 0 Å². The van der Waals surface area contributed by atoms with E-state index < -0.39 is 0 Å². The molecule has 0 amide bonds. The summed E-state index contributed by atoms with van der Waals surface area (Å²) in [6.07, 6.45) is 0. The smallest absolute Gasteiger partial charge is 0.137 e. The van der Waals surface area contributed by atoms with Crippen LogP contribution >= 0.6 is 0 Å². The van der Waals surface area contributed by atoms with E-state index in [1.165, 1.54) is 37.8 Å². The Kier molecular flexibility index (Phi) is 5.57. The van der Waals surface area contributed by atoms with E-state index in [9.17, 15) is 0 Å². The minimum Gasteiger partial charge on any atom is -0.456 e. The summed E-state index contributed by atoms with van der Waals surface area (Å²) >= 11 is 0. The van der Waals surface area contributed by atoms with E-state index in [1.807, 2.05) is 0 Å². The first-order valence-electron chi connectivity index (χ1n) is 16.0. The van der Waals surface area contributed by atoms with Crippen molar-refractivity contribution in [3.63, 3.8) is 0 Å². The largest absolute Gasteiger partial charge is 0.456 e. The second-order valence-electron chi connectivity index (χ2n) is 12.2. The van der Waals surface area contributed by atoms with Gasteiger partial charge < -0.3 is 13.9 Å². The van der Waals surface area contributed by atoms with E-state index in [4.69, 9.17) is 4.42 Å². The van der Waals surface area contributed by atoms with Crippen molar-refractivity contribution in [3.8, 4) is 5.69 Å². The van der Waals surface area contributed by atoms with E-state index in [0.29, 0.717) is 0 Å². The zero-order chi connectivity index (χ0) is 30.9. The van der Waals surface area contributed by atoms with Crippen LogP contribution in [0.5, 0.6) is 0 Å². The summed E-state index contributed by atoms with van der Waals surface area (Å²) in [7, 11) is 0. The van der Waals surface area contributed by atoms with Gasteiger partial charge in [0.15, 0.2) is 0 Å².